The topological polar surface area (TPSA) is 51.2 Å². The molecule has 1 aliphatic carbocycles. The summed E-state index contributed by atoms with van der Waals surface area (Å²) in [7, 11) is 1.66. The van der Waals surface area contributed by atoms with E-state index in [1.165, 1.54) is 5.56 Å². The maximum absolute atomic E-state index is 12.4. The highest BCUT2D eigenvalue weighted by atomic mass is 16.5. The number of hydrogen-bond acceptors (Lipinski definition) is 3. The van der Waals surface area contributed by atoms with Crippen LogP contribution in [0.1, 0.15) is 31.2 Å². The largest absolute Gasteiger partial charge is 0.496 e. The molecule has 0 bridgehead atoms. The van der Waals surface area contributed by atoms with Gasteiger partial charge in [0.2, 0.25) is 5.91 Å². The first kappa shape index (κ1) is 17.5. The van der Waals surface area contributed by atoms with E-state index in [9.17, 15) is 4.79 Å². The molecule has 1 saturated carbocycles. The summed E-state index contributed by atoms with van der Waals surface area (Å²) < 4.78 is 5.62. The van der Waals surface area contributed by atoms with Gasteiger partial charge in [0.05, 0.1) is 18.3 Å². The van der Waals surface area contributed by atoms with Gasteiger partial charge in [-0.15, -0.1) is 0 Å². The molecule has 1 amide bonds. The highest BCUT2D eigenvalue weighted by molar-refractivity contribution is 5.97. The lowest BCUT2D eigenvalue weighted by Gasteiger charge is -2.13. The Morgan fingerprint density at radius 3 is 2.52 bits per heavy atom. The second-order valence-electron chi connectivity index (χ2n) is 7.28. The van der Waals surface area contributed by atoms with Crippen molar-refractivity contribution in [2.75, 3.05) is 12.4 Å². The number of rotatable bonds is 4. The van der Waals surface area contributed by atoms with Crippen LogP contribution in [0, 0.1) is 12.8 Å². The summed E-state index contributed by atoms with van der Waals surface area (Å²) in [6.07, 6.45) is 4.28. The molecule has 0 spiro atoms. The summed E-state index contributed by atoms with van der Waals surface area (Å²) in [5.74, 6) is 1.02. The van der Waals surface area contributed by atoms with Gasteiger partial charge >= 0.3 is 0 Å². The van der Waals surface area contributed by atoms with Gasteiger partial charge in [-0.2, -0.15) is 0 Å². The summed E-state index contributed by atoms with van der Waals surface area (Å²) in [6.45, 7) is 2.07. The van der Waals surface area contributed by atoms with Crippen LogP contribution in [-0.2, 0) is 4.79 Å². The van der Waals surface area contributed by atoms with Gasteiger partial charge in [0.1, 0.15) is 5.75 Å². The lowest BCUT2D eigenvalue weighted by molar-refractivity contribution is -0.119. The normalized spacial score (nSPS) is 14.4. The first-order chi connectivity index (χ1) is 13.1. The Labute approximate surface area is 159 Å². The van der Waals surface area contributed by atoms with Crippen molar-refractivity contribution in [3.63, 3.8) is 0 Å². The Kier molecular flexibility index (Phi) is 4.80. The SMILES string of the molecule is COc1cc(-c2ccc(C)cc2)nc2ccc(NC(=O)C3CCCC3)cc12. The highest BCUT2D eigenvalue weighted by Gasteiger charge is 2.22. The van der Waals surface area contributed by atoms with Gasteiger partial charge in [-0.05, 0) is 38.0 Å². The van der Waals surface area contributed by atoms with E-state index in [-0.39, 0.29) is 11.8 Å². The Morgan fingerprint density at radius 1 is 1.07 bits per heavy atom. The van der Waals surface area contributed by atoms with Crippen LogP contribution >= 0.6 is 0 Å². The summed E-state index contributed by atoms with van der Waals surface area (Å²) in [5, 5.41) is 3.96. The third-order valence-corrected chi connectivity index (χ3v) is 5.33. The number of anilines is 1. The minimum atomic E-state index is 0.120. The number of hydrogen-bond donors (Lipinski definition) is 1. The molecule has 1 fully saturated rings. The molecule has 0 aliphatic heterocycles. The monoisotopic (exact) mass is 360 g/mol. The molecule has 4 rings (SSSR count). The molecule has 3 aromatic rings. The number of amides is 1. The van der Waals surface area contributed by atoms with E-state index in [1.54, 1.807) is 7.11 Å². The lowest BCUT2D eigenvalue weighted by Crippen LogP contribution is -2.20. The van der Waals surface area contributed by atoms with E-state index in [0.717, 1.165) is 59.3 Å². The Hall–Kier alpha value is -2.88. The van der Waals surface area contributed by atoms with Gasteiger partial charge in [0.15, 0.2) is 0 Å². The number of carbonyl (C=O) groups is 1. The van der Waals surface area contributed by atoms with Crippen LogP contribution in [0.2, 0.25) is 0 Å². The second-order valence-corrected chi connectivity index (χ2v) is 7.28. The molecule has 2 aromatic carbocycles. The van der Waals surface area contributed by atoms with Crippen molar-refractivity contribution in [3.05, 3.63) is 54.1 Å². The van der Waals surface area contributed by atoms with Crippen molar-refractivity contribution >= 4 is 22.5 Å². The van der Waals surface area contributed by atoms with E-state index in [2.05, 4.69) is 36.5 Å². The zero-order valence-electron chi connectivity index (χ0n) is 15.8. The molecule has 138 valence electrons. The smallest absolute Gasteiger partial charge is 0.227 e. The van der Waals surface area contributed by atoms with Crippen LogP contribution < -0.4 is 10.1 Å². The number of nitrogens with zero attached hydrogens (tertiary/aromatic N) is 1. The van der Waals surface area contributed by atoms with Crippen molar-refractivity contribution < 1.29 is 9.53 Å². The van der Waals surface area contributed by atoms with Crippen LogP contribution in [0.25, 0.3) is 22.2 Å². The Bertz CT molecular complexity index is 974. The van der Waals surface area contributed by atoms with Gasteiger partial charge in [-0.25, -0.2) is 4.98 Å². The van der Waals surface area contributed by atoms with Crippen molar-refractivity contribution in [2.24, 2.45) is 5.92 Å². The number of benzene rings is 2. The van der Waals surface area contributed by atoms with E-state index < -0.39 is 0 Å². The van der Waals surface area contributed by atoms with Crippen LogP contribution in [0.4, 0.5) is 5.69 Å². The van der Waals surface area contributed by atoms with E-state index in [1.807, 2.05) is 24.3 Å². The van der Waals surface area contributed by atoms with Crippen molar-refractivity contribution in [3.8, 4) is 17.0 Å². The molecule has 0 unspecified atom stereocenters. The average Bonchev–Trinajstić information content (AvgIpc) is 3.23. The van der Waals surface area contributed by atoms with Crippen molar-refractivity contribution in [2.45, 2.75) is 32.6 Å². The predicted molar refractivity (Wildman–Crippen MR) is 109 cm³/mol. The van der Waals surface area contributed by atoms with Gasteiger partial charge in [0.25, 0.3) is 0 Å². The van der Waals surface area contributed by atoms with Crippen LogP contribution in [-0.4, -0.2) is 18.0 Å². The van der Waals surface area contributed by atoms with Crippen LogP contribution in [0.5, 0.6) is 5.75 Å². The van der Waals surface area contributed by atoms with Gasteiger partial charge in [0, 0.05) is 28.6 Å². The van der Waals surface area contributed by atoms with Crippen molar-refractivity contribution in [1.82, 2.24) is 4.98 Å². The molecular formula is C23H24N2O2. The molecular weight excluding hydrogens is 336 g/mol. The molecule has 1 aromatic heterocycles. The van der Waals surface area contributed by atoms with Crippen LogP contribution in [0.3, 0.4) is 0 Å². The van der Waals surface area contributed by atoms with Crippen molar-refractivity contribution in [1.29, 1.82) is 0 Å². The number of ether oxygens (including phenoxy) is 1. The molecule has 4 heteroatoms. The number of fused-ring (bicyclic) bond motifs is 1. The zero-order chi connectivity index (χ0) is 18.8. The highest BCUT2D eigenvalue weighted by Crippen LogP contribution is 2.32. The van der Waals surface area contributed by atoms with Crippen LogP contribution in [0.15, 0.2) is 48.5 Å². The summed E-state index contributed by atoms with van der Waals surface area (Å²) in [5.41, 5.74) is 4.79. The fourth-order valence-corrected chi connectivity index (χ4v) is 3.75. The third-order valence-electron chi connectivity index (χ3n) is 5.33. The number of pyridine rings is 1. The summed E-state index contributed by atoms with van der Waals surface area (Å²) in [4.78, 5) is 17.2. The fraction of sp³-hybridized carbons (Fsp3) is 0.304. The Balaban J connectivity index is 1.67. The minimum absolute atomic E-state index is 0.120. The standard InChI is InChI=1S/C23H24N2O2/c1-15-7-9-16(10-8-15)21-14-22(27-2)19-13-18(11-12-20(19)25-21)24-23(26)17-5-3-4-6-17/h7-14,17H,3-6H2,1-2H3,(H,24,26). The third kappa shape index (κ3) is 3.65. The molecule has 0 radical (unpaired) electrons. The summed E-state index contributed by atoms with van der Waals surface area (Å²) in [6, 6.07) is 16.1. The molecule has 0 atom stereocenters. The quantitative estimate of drug-likeness (QED) is 0.682. The number of carbonyl (C=O) groups excluding carboxylic acids is 1. The predicted octanol–water partition coefficient (Wildman–Crippen LogP) is 5.35. The number of aryl methyl sites for hydroxylation is 1. The van der Waals surface area contributed by atoms with E-state index >= 15 is 0 Å². The number of methoxy groups -OCH3 is 1. The minimum Gasteiger partial charge on any atom is -0.496 e. The molecule has 1 N–H and O–H groups in total. The molecule has 4 nitrogen and oxygen atoms in total. The van der Waals surface area contributed by atoms with E-state index in [0.29, 0.717) is 0 Å². The first-order valence-corrected chi connectivity index (χ1v) is 9.51. The molecule has 1 aliphatic rings. The average molecular weight is 360 g/mol. The molecule has 0 saturated heterocycles. The number of nitrogens with one attached hydrogen (secondary N) is 1. The molecule has 1 heterocycles. The van der Waals surface area contributed by atoms with Gasteiger partial charge in [-0.3, -0.25) is 4.79 Å². The second kappa shape index (κ2) is 7.39. The van der Waals surface area contributed by atoms with Gasteiger partial charge in [-0.1, -0.05) is 42.7 Å². The van der Waals surface area contributed by atoms with Gasteiger partial charge < -0.3 is 10.1 Å². The number of aromatic nitrogens is 1. The molecule has 27 heavy (non-hydrogen) atoms. The Morgan fingerprint density at radius 2 is 1.81 bits per heavy atom. The first-order valence-electron chi connectivity index (χ1n) is 9.51. The summed E-state index contributed by atoms with van der Waals surface area (Å²) >= 11 is 0. The zero-order valence-corrected chi connectivity index (χ0v) is 15.8. The van der Waals surface area contributed by atoms with E-state index in [4.69, 9.17) is 9.72 Å². The fourth-order valence-electron chi connectivity index (χ4n) is 3.75. The maximum atomic E-state index is 12.4. The maximum Gasteiger partial charge on any atom is 0.227 e. The lowest BCUT2D eigenvalue weighted by atomic mass is 10.1.